The number of hydrogen-bond acceptors (Lipinski definition) is 3. The molecule has 0 spiro atoms. The van der Waals surface area contributed by atoms with E-state index in [1.807, 2.05) is 12.3 Å². The molecule has 2 heterocycles. The van der Waals surface area contributed by atoms with Crippen LogP contribution in [-0.2, 0) is 19.5 Å². The first-order valence-corrected chi connectivity index (χ1v) is 6.93. The zero-order chi connectivity index (χ0) is 13.7. The molecule has 0 aromatic carbocycles. The third kappa shape index (κ3) is 3.41. The largest absolute Gasteiger partial charge is 0.305 e. The van der Waals surface area contributed by atoms with Gasteiger partial charge in [-0.05, 0) is 38.0 Å². The summed E-state index contributed by atoms with van der Waals surface area (Å²) in [4.78, 5) is 4.15. The number of pyridine rings is 1. The molecule has 0 radical (unpaired) electrons. The first-order valence-electron chi connectivity index (χ1n) is 6.93. The van der Waals surface area contributed by atoms with Crippen LogP contribution in [0.3, 0.4) is 0 Å². The number of nitrogens with one attached hydrogen (secondary N) is 1. The van der Waals surface area contributed by atoms with Gasteiger partial charge in [0.1, 0.15) is 0 Å². The van der Waals surface area contributed by atoms with Crippen molar-refractivity contribution in [1.29, 1.82) is 0 Å². The van der Waals surface area contributed by atoms with Gasteiger partial charge < -0.3 is 5.32 Å². The summed E-state index contributed by atoms with van der Waals surface area (Å²) < 4.78 is 2.07. The zero-order valence-corrected chi connectivity index (χ0v) is 11.9. The first-order chi connectivity index (χ1) is 9.24. The van der Waals surface area contributed by atoms with Gasteiger partial charge in [0.2, 0.25) is 0 Å². The molecular formula is C15H22N4. The lowest BCUT2D eigenvalue weighted by molar-refractivity contribution is 0.529. The lowest BCUT2D eigenvalue weighted by atomic mass is 10.1. The van der Waals surface area contributed by atoms with Crippen molar-refractivity contribution in [3.05, 3.63) is 47.5 Å². The molecular weight excluding hydrogens is 236 g/mol. The van der Waals surface area contributed by atoms with Gasteiger partial charge in [-0.15, -0.1) is 0 Å². The van der Waals surface area contributed by atoms with Crippen molar-refractivity contribution < 1.29 is 0 Å². The van der Waals surface area contributed by atoms with Crippen LogP contribution in [0.25, 0.3) is 0 Å². The number of aromatic nitrogens is 3. The Bertz CT molecular complexity index is 504. The zero-order valence-electron chi connectivity index (χ0n) is 11.9. The van der Waals surface area contributed by atoms with Crippen LogP contribution in [-0.4, -0.2) is 14.8 Å². The Morgan fingerprint density at radius 3 is 2.84 bits per heavy atom. The average molecular weight is 258 g/mol. The molecule has 1 N–H and O–H groups in total. The predicted octanol–water partition coefficient (Wildman–Crippen LogP) is 2.71. The third-order valence-corrected chi connectivity index (χ3v) is 3.35. The van der Waals surface area contributed by atoms with E-state index in [0.29, 0.717) is 6.04 Å². The SMILES string of the molecule is CCc1cc(CN[C@@H](C)c2cccnc2)n(CC)n1. The van der Waals surface area contributed by atoms with Gasteiger partial charge in [0, 0.05) is 31.5 Å². The lowest BCUT2D eigenvalue weighted by Crippen LogP contribution is -2.20. The number of rotatable bonds is 6. The van der Waals surface area contributed by atoms with Crippen LogP contribution in [0, 0.1) is 0 Å². The van der Waals surface area contributed by atoms with Crippen molar-refractivity contribution in [2.45, 2.75) is 46.3 Å². The Morgan fingerprint density at radius 2 is 2.21 bits per heavy atom. The highest BCUT2D eigenvalue weighted by atomic mass is 15.3. The minimum atomic E-state index is 0.291. The molecule has 0 aliphatic carbocycles. The van der Waals surface area contributed by atoms with E-state index in [1.54, 1.807) is 6.20 Å². The van der Waals surface area contributed by atoms with Crippen LogP contribution in [0.15, 0.2) is 30.6 Å². The van der Waals surface area contributed by atoms with E-state index in [9.17, 15) is 0 Å². The third-order valence-electron chi connectivity index (χ3n) is 3.35. The number of aryl methyl sites for hydroxylation is 2. The fourth-order valence-electron chi connectivity index (χ4n) is 2.11. The van der Waals surface area contributed by atoms with Crippen molar-refractivity contribution in [3.8, 4) is 0 Å². The van der Waals surface area contributed by atoms with E-state index in [4.69, 9.17) is 0 Å². The molecule has 0 bridgehead atoms. The molecule has 1 atom stereocenters. The van der Waals surface area contributed by atoms with E-state index >= 15 is 0 Å². The molecule has 19 heavy (non-hydrogen) atoms. The van der Waals surface area contributed by atoms with Crippen LogP contribution in [0.1, 0.15) is 43.8 Å². The maximum atomic E-state index is 4.56. The fourth-order valence-corrected chi connectivity index (χ4v) is 2.11. The minimum Gasteiger partial charge on any atom is -0.305 e. The molecule has 2 aromatic rings. The van der Waals surface area contributed by atoms with Gasteiger partial charge in [0.05, 0.1) is 11.4 Å². The van der Waals surface area contributed by atoms with E-state index in [-0.39, 0.29) is 0 Å². The topological polar surface area (TPSA) is 42.7 Å². The van der Waals surface area contributed by atoms with Crippen LogP contribution >= 0.6 is 0 Å². The van der Waals surface area contributed by atoms with Gasteiger partial charge in [0.25, 0.3) is 0 Å². The quantitative estimate of drug-likeness (QED) is 0.866. The molecule has 0 unspecified atom stereocenters. The van der Waals surface area contributed by atoms with E-state index in [0.717, 1.165) is 25.2 Å². The molecule has 102 valence electrons. The van der Waals surface area contributed by atoms with Gasteiger partial charge in [0.15, 0.2) is 0 Å². The minimum absolute atomic E-state index is 0.291. The first kappa shape index (κ1) is 13.7. The molecule has 0 saturated heterocycles. The summed E-state index contributed by atoms with van der Waals surface area (Å²) in [5.74, 6) is 0. The normalized spacial score (nSPS) is 12.6. The van der Waals surface area contributed by atoms with Crippen LogP contribution in [0.4, 0.5) is 0 Å². The van der Waals surface area contributed by atoms with E-state index < -0.39 is 0 Å². The monoisotopic (exact) mass is 258 g/mol. The van der Waals surface area contributed by atoms with Gasteiger partial charge in [-0.1, -0.05) is 13.0 Å². The Kier molecular flexibility index (Phi) is 4.68. The summed E-state index contributed by atoms with van der Waals surface area (Å²) in [6, 6.07) is 6.55. The maximum absolute atomic E-state index is 4.56. The molecule has 2 aromatic heterocycles. The molecule has 2 rings (SSSR count). The van der Waals surface area contributed by atoms with Crippen molar-refractivity contribution in [3.63, 3.8) is 0 Å². The van der Waals surface area contributed by atoms with Crippen LogP contribution < -0.4 is 5.32 Å². The molecule has 4 nitrogen and oxygen atoms in total. The summed E-state index contributed by atoms with van der Waals surface area (Å²) in [6.07, 6.45) is 4.69. The van der Waals surface area contributed by atoms with E-state index in [1.165, 1.54) is 11.3 Å². The predicted molar refractivity (Wildman–Crippen MR) is 76.8 cm³/mol. The van der Waals surface area contributed by atoms with Crippen molar-refractivity contribution >= 4 is 0 Å². The highest BCUT2D eigenvalue weighted by molar-refractivity contribution is 5.14. The van der Waals surface area contributed by atoms with Gasteiger partial charge in [-0.2, -0.15) is 5.10 Å². The van der Waals surface area contributed by atoms with Gasteiger partial charge in [-0.3, -0.25) is 9.67 Å². The summed E-state index contributed by atoms with van der Waals surface area (Å²) >= 11 is 0. The summed E-state index contributed by atoms with van der Waals surface area (Å²) in [5.41, 5.74) is 3.61. The summed E-state index contributed by atoms with van der Waals surface area (Å²) in [7, 11) is 0. The molecule has 0 amide bonds. The fraction of sp³-hybridized carbons (Fsp3) is 0.467. The number of hydrogen-bond donors (Lipinski definition) is 1. The van der Waals surface area contributed by atoms with Crippen LogP contribution in [0.2, 0.25) is 0 Å². The van der Waals surface area contributed by atoms with Crippen LogP contribution in [0.5, 0.6) is 0 Å². The Hall–Kier alpha value is -1.68. The highest BCUT2D eigenvalue weighted by Crippen LogP contribution is 2.12. The van der Waals surface area contributed by atoms with Crippen molar-refractivity contribution in [1.82, 2.24) is 20.1 Å². The van der Waals surface area contributed by atoms with Gasteiger partial charge in [-0.25, -0.2) is 0 Å². The molecule has 0 fully saturated rings. The molecule has 0 saturated carbocycles. The second-order valence-corrected chi connectivity index (χ2v) is 4.69. The van der Waals surface area contributed by atoms with Crippen molar-refractivity contribution in [2.24, 2.45) is 0 Å². The molecule has 0 aliphatic rings. The molecule has 0 aliphatic heterocycles. The standard InChI is InChI=1S/C15H22N4/c1-4-14-9-15(19(5-2)18-14)11-17-12(3)13-7-6-8-16-10-13/h6-10,12,17H,4-5,11H2,1-3H3/t12-/m0/s1. The Labute approximate surface area is 114 Å². The molecule has 4 heteroatoms. The Balaban J connectivity index is 2.00. The summed E-state index contributed by atoms with van der Waals surface area (Å²) in [5, 5.41) is 8.09. The lowest BCUT2D eigenvalue weighted by Gasteiger charge is -2.14. The second kappa shape index (κ2) is 6.48. The van der Waals surface area contributed by atoms with Crippen molar-refractivity contribution in [2.75, 3.05) is 0 Å². The number of nitrogens with zero attached hydrogens (tertiary/aromatic N) is 3. The van der Waals surface area contributed by atoms with Gasteiger partial charge >= 0.3 is 0 Å². The summed E-state index contributed by atoms with van der Waals surface area (Å²) in [6.45, 7) is 8.16. The Morgan fingerprint density at radius 1 is 1.37 bits per heavy atom. The highest BCUT2D eigenvalue weighted by Gasteiger charge is 2.08. The average Bonchev–Trinajstić information content (AvgIpc) is 2.88. The smallest absolute Gasteiger partial charge is 0.0625 e. The maximum Gasteiger partial charge on any atom is 0.0625 e. The van der Waals surface area contributed by atoms with E-state index in [2.05, 4.69) is 53.0 Å². The second-order valence-electron chi connectivity index (χ2n) is 4.69.